The maximum Gasteiger partial charge on any atom is 0.243 e. The van der Waals surface area contributed by atoms with E-state index in [1.807, 2.05) is 6.07 Å². The van der Waals surface area contributed by atoms with Gasteiger partial charge in [-0.2, -0.15) is 15.5 Å². The van der Waals surface area contributed by atoms with Crippen LogP contribution in [-0.4, -0.2) is 36.9 Å². The molecule has 3 aromatic heterocycles. The molecule has 0 spiro atoms. The summed E-state index contributed by atoms with van der Waals surface area (Å²) >= 11 is 0. The summed E-state index contributed by atoms with van der Waals surface area (Å²) in [5.74, 6) is -0.604. The Morgan fingerprint density at radius 3 is 2.97 bits per heavy atom. The molecular formula is C21H18FN7O. The predicted octanol–water partition coefficient (Wildman–Crippen LogP) is 3.13. The van der Waals surface area contributed by atoms with Crippen LogP contribution in [0.1, 0.15) is 36.6 Å². The Kier molecular flexibility index (Phi) is 5.30. The first kappa shape index (κ1) is 19.4. The van der Waals surface area contributed by atoms with Crippen LogP contribution in [0.5, 0.6) is 0 Å². The van der Waals surface area contributed by atoms with Gasteiger partial charge in [-0.3, -0.25) is 14.5 Å². The van der Waals surface area contributed by atoms with Crippen molar-refractivity contribution in [1.82, 2.24) is 24.8 Å². The maximum atomic E-state index is 13.5. The second-order valence-electron chi connectivity index (χ2n) is 6.99. The van der Waals surface area contributed by atoms with Crippen LogP contribution in [0.4, 0.5) is 4.39 Å². The summed E-state index contributed by atoms with van der Waals surface area (Å²) in [6.45, 7) is 4.49. The highest BCUT2D eigenvalue weighted by Gasteiger charge is 2.28. The van der Waals surface area contributed by atoms with E-state index in [1.165, 1.54) is 11.1 Å². The van der Waals surface area contributed by atoms with Crippen molar-refractivity contribution < 1.29 is 9.18 Å². The molecule has 1 aliphatic heterocycles. The van der Waals surface area contributed by atoms with E-state index in [4.69, 9.17) is 5.26 Å². The lowest BCUT2D eigenvalue weighted by atomic mass is 10.1. The fraction of sp³-hybridized carbons (Fsp3) is 0.238. The molecule has 0 aromatic carbocycles. The second-order valence-corrected chi connectivity index (χ2v) is 6.99. The molecule has 3 aromatic rings. The van der Waals surface area contributed by atoms with E-state index in [0.717, 1.165) is 17.3 Å². The Balaban J connectivity index is 1.37. The quantitative estimate of drug-likeness (QED) is 0.589. The van der Waals surface area contributed by atoms with Crippen molar-refractivity contribution >= 4 is 23.2 Å². The number of aromatic nitrogens is 4. The maximum absolute atomic E-state index is 13.5. The molecule has 8 nitrogen and oxygen atoms in total. The van der Waals surface area contributed by atoms with Gasteiger partial charge in [0, 0.05) is 25.3 Å². The molecular weight excluding hydrogens is 385 g/mol. The molecule has 9 heteroatoms. The molecule has 0 saturated carbocycles. The Morgan fingerprint density at radius 2 is 2.17 bits per heavy atom. The molecule has 4 heterocycles. The van der Waals surface area contributed by atoms with Crippen molar-refractivity contribution in [3.05, 3.63) is 66.0 Å². The van der Waals surface area contributed by atoms with Gasteiger partial charge in [-0.15, -0.1) is 0 Å². The number of allylic oxidation sites excluding steroid dienone is 1. The van der Waals surface area contributed by atoms with Crippen molar-refractivity contribution in [2.24, 2.45) is 5.10 Å². The Bertz CT molecular complexity index is 1190. The molecule has 0 aliphatic carbocycles. The highest BCUT2D eigenvalue weighted by atomic mass is 19.1. The van der Waals surface area contributed by atoms with E-state index < -0.39 is 5.82 Å². The lowest BCUT2D eigenvalue weighted by Gasteiger charge is -2.22. The number of nitriles is 1. The second kappa shape index (κ2) is 8.21. The summed E-state index contributed by atoms with van der Waals surface area (Å²) in [6, 6.07) is 6.47. The minimum atomic E-state index is -0.442. The van der Waals surface area contributed by atoms with E-state index in [9.17, 15) is 9.18 Å². The van der Waals surface area contributed by atoms with Crippen molar-refractivity contribution in [3.63, 3.8) is 0 Å². The van der Waals surface area contributed by atoms with Crippen LogP contribution in [0, 0.1) is 17.1 Å². The lowest BCUT2D eigenvalue weighted by Crippen LogP contribution is -2.27. The molecule has 150 valence electrons. The first-order valence-corrected chi connectivity index (χ1v) is 9.39. The van der Waals surface area contributed by atoms with E-state index in [-0.39, 0.29) is 18.4 Å². The number of pyridine rings is 2. The van der Waals surface area contributed by atoms with Crippen LogP contribution in [0.2, 0.25) is 0 Å². The topological polar surface area (TPSA) is 100 Å². The Hall–Kier alpha value is -3.93. The number of rotatable bonds is 6. The van der Waals surface area contributed by atoms with Gasteiger partial charge >= 0.3 is 0 Å². The number of nitrogens with zero attached hydrogens (tertiary/aromatic N) is 7. The number of hydrazone groups is 1. The van der Waals surface area contributed by atoms with E-state index in [2.05, 4.69) is 26.7 Å². The zero-order valence-electron chi connectivity index (χ0n) is 16.1. The number of hydrogen-bond donors (Lipinski definition) is 0. The fourth-order valence-corrected chi connectivity index (χ4v) is 3.39. The van der Waals surface area contributed by atoms with Gasteiger partial charge in [-0.25, -0.2) is 14.4 Å². The number of carbonyl (C=O) groups excluding carboxylic acids is 1. The predicted molar refractivity (Wildman–Crippen MR) is 108 cm³/mol. The molecule has 4 rings (SSSR count). The molecule has 0 radical (unpaired) electrons. The van der Waals surface area contributed by atoms with Crippen LogP contribution >= 0.6 is 0 Å². The smallest absolute Gasteiger partial charge is 0.243 e. The molecule has 30 heavy (non-hydrogen) atoms. The number of fused-ring (bicyclic) bond motifs is 1. The average molecular weight is 403 g/mol. The number of halogens is 1. The minimum Gasteiger partial charge on any atom is -0.273 e. The summed E-state index contributed by atoms with van der Waals surface area (Å²) in [6.07, 6.45) is 7.15. The summed E-state index contributed by atoms with van der Waals surface area (Å²) in [5.41, 5.74) is 3.21. The van der Waals surface area contributed by atoms with Crippen molar-refractivity contribution in [2.45, 2.75) is 31.8 Å². The van der Waals surface area contributed by atoms with Gasteiger partial charge in [0.1, 0.15) is 23.1 Å². The minimum absolute atomic E-state index is 0.162. The molecule has 0 fully saturated rings. The standard InChI is InChI=1S/C21H18FN7O/c1-14(13-28-20-4-3-17(9-23)27-18(20)12-26-28)2-5-21(30)29-19(6-7-25-29)15-8-16(22)11-24-10-15/h3-4,7-8,10-12,19H,1-2,5-6,13H2. The van der Waals surface area contributed by atoms with E-state index in [0.29, 0.717) is 36.2 Å². The van der Waals surface area contributed by atoms with Crippen molar-refractivity contribution in [1.29, 1.82) is 5.26 Å². The van der Waals surface area contributed by atoms with Crippen molar-refractivity contribution in [2.75, 3.05) is 0 Å². The van der Waals surface area contributed by atoms with Gasteiger partial charge in [0.2, 0.25) is 5.91 Å². The third-order valence-electron chi connectivity index (χ3n) is 4.88. The van der Waals surface area contributed by atoms with Crippen LogP contribution < -0.4 is 0 Å². The average Bonchev–Trinajstić information content (AvgIpc) is 3.39. The summed E-state index contributed by atoms with van der Waals surface area (Å²) in [5, 5.41) is 18.8. The summed E-state index contributed by atoms with van der Waals surface area (Å²) < 4.78 is 15.2. The Morgan fingerprint density at radius 1 is 1.30 bits per heavy atom. The molecule has 1 amide bonds. The highest BCUT2D eigenvalue weighted by Crippen LogP contribution is 2.29. The first-order valence-electron chi connectivity index (χ1n) is 9.39. The fourth-order valence-electron chi connectivity index (χ4n) is 3.39. The van der Waals surface area contributed by atoms with Gasteiger partial charge in [-0.05, 0) is 30.2 Å². The third kappa shape index (κ3) is 3.93. The molecule has 0 saturated heterocycles. The van der Waals surface area contributed by atoms with Crippen molar-refractivity contribution in [3.8, 4) is 6.07 Å². The van der Waals surface area contributed by atoms with Gasteiger partial charge in [0.05, 0.1) is 30.5 Å². The number of carbonyl (C=O) groups is 1. The lowest BCUT2D eigenvalue weighted by molar-refractivity contribution is -0.133. The Labute approximate surface area is 172 Å². The SMILES string of the molecule is C=C(CCC(=O)N1N=CCC1c1cncc(F)c1)Cn1ncc2nc(C#N)ccc21. The van der Waals surface area contributed by atoms with Crippen LogP contribution in [0.15, 0.2) is 54.0 Å². The third-order valence-corrected chi connectivity index (χ3v) is 4.88. The van der Waals surface area contributed by atoms with Crippen LogP contribution in [0.3, 0.4) is 0 Å². The monoisotopic (exact) mass is 403 g/mol. The number of amides is 1. The normalized spacial score (nSPS) is 15.5. The van der Waals surface area contributed by atoms with Crippen LogP contribution in [0.25, 0.3) is 11.0 Å². The molecule has 0 N–H and O–H groups in total. The highest BCUT2D eigenvalue weighted by molar-refractivity contribution is 5.80. The summed E-state index contributed by atoms with van der Waals surface area (Å²) in [4.78, 5) is 20.8. The molecule has 1 unspecified atom stereocenters. The molecule has 0 bridgehead atoms. The van der Waals surface area contributed by atoms with Gasteiger partial charge in [-0.1, -0.05) is 12.2 Å². The zero-order chi connectivity index (χ0) is 21.1. The molecule has 1 aliphatic rings. The summed E-state index contributed by atoms with van der Waals surface area (Å²) in [7, 11) is 0. The van der Waals surface area contributed by atoms with Gasteiger partial charge in [0.15, 0.2) is 0 Å². The largest absolute Gasteiger partial charge is 0.273 e. The first-order chi connectivity index (χ1) is 14.5. The zero-order valence-corrected chi connectivity index (χ0v) is 16.1. The van der Waals surface area contributed by atoms with Gasteiger partial charge < -0.3 is 0 Å². The molecule has 1 atom stereocenters. The number of hydrogen-bond acceptors (Lipinski definition) is 6. The van der Waals surface area contributed by atoms with Crippen LogP contribution in [-0.2, 0) is 11.3 Å². The van der Waals surface area contributed by atoms with E-state index in [1.54, 1.807) is 35.4 Å². The van der Waals surface area contributed by atoms with Gasteiger partial charge in [0.25, 0.3) is 0 Å². The van der Waals surface area contributed by atoms with E-state index >= 15 is 0 Å².